The lowest BCUT2D eigenvalue weighted by molar-refractivity contribution is -0.384. The van der Waals surface area contributed by atoms with Gasteiger partial charge in [0, 0.05) is 43.3 Å². The molecule has 1 heterocycles. The van der Waals surface area contributed by atoms with Crippen LogP contribution >= 0.6 is 11.6 Å². The average Bonchev–Trinajstić information content (AvgIpc) is 2.77. The van der Waals surface area contributed by atoms with Crippen molar-refractivity contribution in [1.82, 2.24) is 4.90 Å². The predicted molar refractivity (Wildman–Crippen MR) is 114 cm³/mol. The molecule has 1 aliphatic rings. The summed E-state index contributed by atoms with van der Waals surface area (Å²) in [7, 11) is 0. The van der Waals surface area contributed by atoms with Gasteiger partial charge in [0.05, 0.1) is 16.3 Å². The zero-order valence-electron chi connectivity index (χ0n) is 17.0. The number of nitrogens with zero attached hydrogens (tertiary/aromatic N) is 3. The van der Waals surface area contributed by atoms with E-state index >= 15 is 0 Å². The predicted octanol–water partition coefficient (Wildman–Crippen LogP) is 3.48. The number of amides is 2. The number of rotatable bonds is 6. The third-order valence-corrected chi connectivity index (χ3v) is 5.04. The fourth-order valence-corrected chi connectivity index (χ4v) is 3.39. The van der Waals surface area contributed by atoms with Gasteiger partial charge in [0.25, 0.3) is 11.6 Å². The molecule has 33 heavy (non-hydrogen) atoms. The Morgan fingerprint density at radius 1 is 1.09 bits per heavy atom. The summed E-state index contributed by atoms with van der Waals surface area (Å²) in [5.74, 6) is -2.16. The second kappa shape index (κ2) is 9.94. The van der Waals surface area contributed by atoms with Gasteiger partial charge in [-0.3, -0.25) is 19.7 Å². The number of carbonyl (C=O) groups excluding carboxylic acids is 2. The molecule has 0 aromatic heterocycles. The molecule has 2 aromatic rings. The van der Waals surface area contributed by atoms with E-state index in [0.29, 0.717) is 16.4 Å². The first kappa shape index (κ1) is 24.1. The van der Waals surface area contributed by atoms with Crippen LogP contribution in [0.2, 0.25) is 5.02 Å². The summed E-state index contributed by atoms with van der Waals surface area (Å²) < 4.78 is 43.3. The minimum Gasteiger partial charge on any atom is -0.484 e. The summed E-state index contributed by atoms with van der Waals surface area (Å²) in [6.45, 7) is -0.385. The molecular formula is C20H18ClF3N4O5. The minimum absolute atomic E-state index is 0.118. The monoisotopic (exact) mass is 486 g/mol. The van der Waals surface area contributed by atoms with Crippen LogP contribution in [0.3, 0.4) is 0 Å². The molecule has 13 heteroatoms. The minimum atomic E-state index is -4.93. The van der Waals surface area contributed by atoms with E-state index < -0.39 is 29.5 Å². The first-order valence-corrected chi connectivity index (χ1v) is 10.00. The van der Waals surface area contributed by atoms with E-state index in [1.165, 1.54) is 30.3 Å². The van der Waals surface area contributed by atoms with Crippen LogP contribution in [0.15, 0.2) is 42.5 Å². The number of non-ortho nitro benzene ring substituents is 1. The molecule has 176 valence electrons. The third kappa shape index (κ3) is 6.25. The molecule has 9 nitrogen and oxygen atoms in total. The second-order valence-corrected chi connectivity index (χ2v) is 7.46. The Labute approximate surface area is 190 Å². The molecule has 0 spiro atoms. The molecule has 1 N–H and O–H groups in total. The smallest absolute Gasteiger partial charge is 0.471 e. The van der Waals surface area contributed by atoms with Crippen molar-refractivity contribution < 1.29 is 32.4 Å². The normalized spacial score (nSPS) is 14.1. The first-order chi connectivity index (χ1) is 15.5. The van der Waals surface area contributed by atoms with E-state index in [1.54, 1.807) is 17.0 Å². The lowest BCUT2D eigenvalue weighted by Gasteiger charge is -2.37. The lowest BCUT2D eigenvalue weighted by Crippen LogP contribution is -2.52. The molecule has 0 aliphatic carbocycles. The van der Waals surface area contributed by atoms with Crippen molar-refractivity contribution >= 4 is 40.5 Å². The molecule has 1 saturated heterocycles. The molecule has 2 amide bonds. The van der Waals surface area contributed by atoms with Gasteiger partial charge >= 0.3 is 12.1 Å². The Kier molecular flexibility index (Phi) is 7.26. The SMILES string of the molecule is O=C(COc1ccc([N+](=O)[O-])cc1)Nc1cc(Cl)ccc1N1CCN(C(=O)C(F)(F)F)CC1. The zero-order valence-corrected chi connectivity index (χ0v) is 17.7. The number of anilines is 2. The standard InChI is InChI=1S/C20H18ClF3N4O5/c21-13-1-6-17(26-7-9-27(10-8-26)19(30)20(22,23)24)16(11-13)25-18(29)12-33-15-4-2-14(3-5-15)28(31)32/h1-6,11H,7-10,12H2,(H,25,29). The summed E-state index contributed by atoms with van der Waals surface area (Å²) >= 11 is 6.03. The molecule has 0 atom stereocenters. The van der Waals surface area contributed by atoms with Gasteiger partial charge in [0.2, 0.25) is 0 Å². The second-order valence-electron chi connectivity index (χ2n) is 7.03. The van der Waals surface area contributed by atoms with Crippen LogP contribution in [0.5, 0.6) is 5.75 Å². The highest BCUT2D eigenvalue weighted by Gasteiger charge is 2.43. The lowest BCUT2D eigenvalue weighted by atomic mass is 10.2. The van der Waals surface area contributed by atoms with Gasteiger partial charge in [-0.05, 0) is 30.3 Å². The number of benzene rings is 2. The molecule has 0 unspecified atom stereocenters. The molecule has 3 rings (SSSR count). The van der Waals surface area contributed by atoms with Gasteiger partial charge in [-0.15, -0.1) is 0 Å². The number of ether oxygens (including phenoxy) is 1. The summed E-state index contributed by atoms with van der Waals surface area (Å²) in [6, 6.07) is 9.89. The largest absolute Gasteiger partial charge is 0.484 e. The van der Waals surface area contributed by atoms with Crippen molar-refractivity contribution in [1.29, 1.82) is 0 Å². The number of piperazine rings is 1. The number of nitrogens with one attached hydrogen (secondary N) is 1. The van der Waals surface area contributed by atoms with E-state index in [0.717, 1.165) is 4.90 Å². The van der Waals surface area contributed by atoms with E-state index in [4.69, 9.17) is 16.3 Å². The van der Waals surface area contributed by atoms with Crippen LogP contribution in [0.1, 0.15) is 0 Å². The molecule has 1 aliphatic heterocycles. The molecule has 2 aromatic carbocycles. The average molecular weight is 487 g/mol. The maximum atomic E-state index is 12.6. The molecule has 1 fully saturated rings. The molecular weight excluding hydrogens is 469 g/mol. The van der Waals surface area contributed by atoms with E-state index in [9.17, 15) is 32.9 Å². The van der Waals surface area contributed by atoms with Gasteiger partial charge in [-0.1, -0.05) is 11.6 Å². The van der Waals surface area contributed by atoms with Crippen molar-refractivity contribution in [2.45, 2.75) is 6.18 Å². The number of nitro groups is 1. The number of halogens is 4. The Hall–Kier alpha value is -3.54. The fourth-order valence-electron chi connectivity index (χ4n) is 3.21. The number of nitro benzene ring substituents is 1. The third-order valence-electron chi connectivity index (χ3n) is 4.80. The summed E-state index contributed by atoms with van der Waals surface area (Å²) in [5, 5.41) is 13.7. The van der Waals surface area contributed by atoms with Crippen LogP contribution in [-0.2, 0) is 9.59 Å². The Morgan fingerprint density at radius 2 is 1.73 bits per heavy atom. The quantitative estimate of drug-likeness (QED) is 0.495. The van der Waals surface area contributed by atoms with Gasteiger partial charge in [-0.25, -0.2) is 0 Å². The van der Waals surface area contributed by atoms with Crippen molar-refractivity contribution in [3.8, 4) is 5.75 Å². The van der Waals surface area contributed by atoms with E-state index in [-0.39, 0.29) is 37.6 Å². The zero-order chi connectivity index (χ0) is 24.2. The van der Waals surface area contributed by atoms with Gasteiger partial charge in [0.1, 0.15) is 5.75 Å². The maximum Gasteiger partial charge on any atom is 0.471 e. The molecule has 0 bridgehead atoms. The van der Waals surface area contributed by atoms with Gasteiger partial charge < -0.3 is 19.9 Å². The Balaban J connectivity index is 1.62. The summed E-state index contributed by atoms with van der Waals surface area (Å²) in [4.78, 5) is 36.4. The van der Waals surface area contributed by atoms with Crippen molar-refractivity contribution in [2.75, 3.05) is 43.0 Å². The maximum absolute atomic E-state index is 12.6. The highest BCUT2D eigenvalue weighted by molar-refractivity contribution is 6.31. The first-order valence-electron chi connectivity index (χ1n) is 9.62. The number of alkyl halides is 3. The van der Waals surface area contributed by atoms with Crippen molar-refractivity contribution in [2.24, 2.45) is 0 Å². The topological polar surface area (TPSA) is 105 Å². The van der Waals surface area contributed by atoms with Gasteiger partial charge in [-0.2, -0.15) is 13.2 Å². The van der Waals surface area contributed by atoms with Crippen LogP contribution in [0, 0.1) is 10.1 Å². The van der Waals surface area contributed by atoms with Crippen LogP contribution in [0.4, 0.5) is 30.2 Å². The highest BCUT2D eigenvalue weighted by Crippen LogP contribution is 2.31. The fraction of sp³-hybridized carbons (Fsp3) is 0.300. The number of carbonyl (C=O) groups is 2. The van der Waals surface area contributed by atoms with E-state index in [1.807, 2.05) is 0 Å². The van der Waals surface area contributed by atoms with Gasteiger partial charge in [0.15, 0.2) is 6.61 Å². The summed E-state index contributed by atoms with van der Waals surface area (Å²) in [5.41, 5.74) is 0.741. The highest BCUT2D eigenvalue weighted by atomic mass is 35.5. The van der Waals surface area contributed by atoms with E-state index in [2.05, 4.69) is 5.32 Å². The Morgan fingerprint density at radius 3 is 2.30 bits per heavy atom. The molecule has 0 radical (unpaired) electrons. The van der Waals surface area contributed by atoms with Crippen LogP contribution in [0.25, 0.3) is 0 Å². The number of hydrogen-bond donors (Lipinski definition) is 1. The van der Waals surface area contributed by atoms with Crippen molar-refractivity contribution in [3.05, 3.63) is 57.6 Å². The van der Waals surface area contributed by atoms with Crippen molar-refractivity contribution in [3.63, 3.8) is 0 Å². The van der Waals surface area contributed by atoms with Crippen LogP contribution < -0.4 is 15.0 Å². The van der Waals surface area contributed by atoms with Crippen LogP contribution in [-0.4, -0.2) is 60.6 Å². The summed E-state index contributed by atoms with van der Waals surface area (Å²) in [6.07, 6.45) is -4.93. The number of hydrogen-bond acceptors (Lipinski definition) is 6. The molecule has 0 saturated carbocycles. The Bertz CT molecular complexity index is 1040.